The van der Waals surface area contributed by atoms with Gasteiger partial charge in [-0.3, -0.25) is 0 Å². The molecular formula is C10H12BrClS. The lowest BCUT2D eigenvalue weighted by molar-refractivity contribution is 0.494. The van der Waals surface area contributed by atoms with Crippen molar-refractivity contribution in [2.75, 3.05) is 0 Å². The predicted molar refractivity (Wildman–Crippen MR) is 62.5 cm³/mol. The Labute approximate surface area is 96.4 Å². The van der Waals surface area contributed by atoms with Gasteiger partial charge >= 0.3 is 0 Å². The third-order valence-corrected chi connectivity index (χ3v) is 5.42. The fraction of sp³-hybridized carbons (Fsp3) is 0.600. The Hall–Kier alpha value is 0.470. The van der Waals surface area contributed by atoms with Crippen molar-refractivity contribution in [3.63, 3.8) is 0 Å². The molecule has 13 heavy (non-hydrogen) atoms. The summed E-state index contributed by atoms with van der Waals surface area (Å²) in [6, 6.07) is 2.08. The van der Waals surface area contributed by atoms with Gasteiger partial charge in [-0.15, -0.1) is 22.9 Å². The van der Waals surface area contributed by atoms with Crippen LogP contribution in [-0.2, 0) is 0 Å². The maximum absolute atomic E-state index is 6.42. The van der Waals surface area contributed by atoms with Gasteiger partial charge in [0, 0.05) is 9.35 Å². The fourth-order valence-electron chi connectivity index (χ4n) is 1.60. The summed E-state index contributed by atoms with van der Waals surface area (Å²) in [5.41, 5.74) is 0. The van der Waals surface area contributed by atoms with Crippen molar-refractivity contribution in [1.29, 1.82) is 0 Å². The molecular weight excluding hydrogens is 268 g/mol. The van der Waals surface area contributed by atoms with Gasteiger partial charge in [0.2, 0.25) is 0 Å². The highest BCUT2D eigenvalue weighted by atomic mass is 79.9. The average Bonchev–Trinajstić information content (AvgIpc) is 2.87. The molecule has 0 spiro atoms. The summed E-state index contributed by atoms with van der Waals surface area (Å²) in [5, 5.41) is 2.29. The molecule has 2 unspecified atom stereocenters. The first kappa shape index (κ1) is 10.0. The molecule has 1 aromatic rings. The van der Waals surface area contributed by atoms with Crippen LogP contribution in [0, 0.1) is 11.8 Å². The standard InChI is InChI=1S/C10H12BrClS/c1-6(7-2-3-7)9(12)10-8(11)4-5-13-10/h4-7,9H,2-3H2,1H3. The molecule has 0 amide bonds. The van der Waals surface area contributed by atoms with E-state index in [1.165, 1.54) is 22.2 Å². The van der Waals surface area contributed by atoms with E-state index in [1.807, 2.05) is 0 Å². The number of rotatable bonds is 3. The molecule has 0 nitrogen and oxygen atoms in total. The lowest BCUT2D eigenvalue weighted by atomic mass is 10.0. The monoisotopic (exact) mass is 278 g/mol. The summed E-state index contributed by atoms with van der Waals surface area (Å²) in [6.07, 6.45) is 2.74. The predicted octanol–water partition coefficient (Wildman–Crippen LogP) is 4.84. The van der Waals surface area contributed by atoms with Crippen molar-refractivity contribution < 1.29 is 0 Å². The lowest BCUT2D eigenvalue weighted by Crippen LogP contribution is -2.04. The van der Waals surface area contributed by atoms with E-state index in [-0.39, 0.29) is 5.38 Å². The van der Waals surface area contributed by atoms with Crippen molar-refractivity contribution in [2.24, 2.45) is 11.8 Å². The zero-order valence-corrected chi connectivity index (χ0v) is 10.6. The number of hydrogen-bond acceptors (Lipinski definition) is 1. The van der Waals surface area contributed by atoms with Gasteiger partial charge in [0.1, 0.15) is 0 Å². The molecule has 2 atom stereocenters. The normalized spacial score (nSPS) is 21.5. The topological polar surface area (TPSA) is 0 Å². The Morgan fingerprint density at radius 3 is 2.77 bits per heavy atom. The van der Waals surface area contributed by atoms with Crippen LogP contribution in [-0.4, -0.2) is 0 Å². The summed E-state index contributed by atoms with van der Waals surface area (Å²) in [4.78, 5) is 1.29. The van der Waals surface area contributed by atoms with Crippen LogP contribution in [0.2, 0.25) is 0 Å². The fourth-order valence-corrected chi connectivity index (χ4v) is 3.92. The molecule has 0 aromatic carbocycles. The second-order valence-corrected chi connectivity index (χ2v) is 6.00. The average molecular weight is 280 g/mol. The van der Waals surface area contributed by atoms with Crippen LogP contribution in [0.15, 0.2) is 15.9 Å². The molecule has 2 rings (SSSR count). The second kappa shape index (κ2) is 3.92. The highest BCUT2D eigenvalue weighted by molar-refractivity contribution is 9.10. The molecule has 0 bridgehead atoms. The van der Waals surface area contributed by atoms with Gasteiger partial charge in [0.25, 0.3) is 0 Å². The van der Waals surface area contributed by atoms with Crippen molar-refractivity contribution >= 4 is 38.9 Å². The first-order valence-electron chi connectivity index (χ1n) is 4.57. The Bertz CT molecular complexity index is 293. The third-order valence-electron chi connectivity index (χ3n) is 2.72. The van der Waals surface area contributed by atoms with Crippen molar-refractivity contribution in [3.8, 4) is 0 Å². The first-order chi connectivity index (χ1) is 6.20. The molecule has 1 fully saturated rings. The van der Waals surface area contributed by atoms with E-state index in [0.29, 0.717) is 5.92 Å². The van der Waals surface area contributed by atoms with Gasteiger partial charge in [0.15, 0.2) is 0 Å². The Morgan fingerprint density at radius 1 is 1.62 bits per heavy atom. The van der Waals surface area contributed by atoms with Crippen LogP contribution >= 0.6 is 38.9 Å². The van der Waals surface area contributed by atoms with Gasteiger partial charge in [0.05, 0.1) is 5.38 Å². The van der Waals surface area contributed by atoms with Gasteiger partial charge in [-0.05, 0) is 52.1 Å². The molecule has 3 heteroatoms. The number of thiophene rings is 1. The van der Waals surface area contributed by atoms with Crippen molar-refractivity contribution in [1.82, 2.24) is 0 Å². The van der Waals surface area contributed by atoms with E-state index in [1.54, 1.807) is 11.3 Å². The molecule has 1 aliphatic rings. The van der Waals surface area contributed by atoms with Crippen LogP contribution in [0.5, 0.6) is 0 Å². The minimum Gasteiger partial charge on any atom is -0.146 e. The summed E-state index contributed by atoms with van der Waals surface area (Å²) in [6.45, 7) is 2.27. The molecule has 0 saturated heterocycles. The zero-order valence-electron chi connectivity index (χ0n) is 7.47. The maximum Gasteiger partial charge on any atom is 0.0718 e. The van der Waals surface area contributed by atoms with Crippen LogP contribution in [0.3, 0.4) is 0 Å². The van der Waals surface area contributed by atoms with E-state index >= 15 is 0 Å². The number of alkyl halides is 1. The highest BCUT2D eigenvalue weighted by Gasteiger charge is 2.34. The molecule has 0 N–H and O–H groups in total. The van der Waals surface area contributed by atoms with Gasteiger partial charge in [-0.2, -0.15) is 0 Å². The van der Waals surface area contributed by atoms with E-state index in [2.05, 4.69) is 34.3 Å². The summed E-state index contributed by atoms with van der Waals surface area (Å²) in [5.74, 6) is 1.49. The van der Waals surface area contributed by atoms with Crippen LogP contribution in [0.4, 0.5) is 0 Å². The largest absolute Gasteiger partial charge is 0.146 e. The van der Waals surface area contributed by atoms with Crippen LogP contribution in [0.25, 0.3) is 0 Å². The first-order valence-corrected chi connectivity index (χ1v) is 6.68. The second-order valence-electron chi connectivity index (χ2n) is 3.73. The Balaban J connectivity index is 2.11. The summed E-state index contributed by atoms with van der Waals surface area (Å²) >= 11 is 11.7. The van der Waals surface area contributed by atoms with E-state index in [4.69, 9.17) is 11.6 Å². The van der Waals surface area contributed by atoms with Crippen molar-refractivity contribution in [2.45, 2.75) is 25.1 Å². The molecule has 72 valence electrons. The number of halogens is 2. The van der Waals surface area contributed by atoms with Crippen LogP contribution < -0.4 is 0 Å². The molecule has 1 aromatic heterocycles. The highest BCUT2D eigenvalue weighted by Crippen LogP contribution is 2.47. The van der Waals surface area contributed by atoms with E-state index < -0.39 is 0 Å². The van der Waals surface area contributed by atoms with Gasteiger partial charge in [-0.25, -0.2) is 0 Å². The summed E-state index contributed by atoms with van der Waals surface area (Å²) in [7, 11) is 0. The lowest BCUT2D eigenvalue weighted by Gasteiger charge is -2.16. The van der Waals surface area contributed by atoms with E-state index in [9.17, 15) is 0 Å². The summed E-state index contributed by atoms with van der Waals surface area (Å²) < 4.78 is 1.17. The van der Waals surface area contributed by atoms with Gasteiger partial charge < -0.3 is 0 Å². The van der Waals surface area contributed by atoms with Gasteiger partial charge in [-0.1, -0.05) is 6.92 Å². The Morgan fingerprint density at radius 2 is 2.31 bits per heavy atom. The number of hydrogen-bond donors (Lipinski definition) is 0. The zero-order chi connectivity index (χ0) is 9.42. The minimum absolute atomic E-state index is 0.196. The molecule has 1 aliphatic carbocycles. The SMILES string of the molecule is CC(C1CC1)C(Cl)c1sccc1Br. The Kier molecular flexibility index (Phi) is 3.01. The smallest absolute Gasteiger partial charge is 0.0718 e. The molecule has 0 aliphatic heterocycles. The minimum atomic E-state index is 0.196. The molecule has 0 radical (unpaired) electrons. The quantitative estimate of drug-likeness (QED) is 0.695. The van der Waals surface area contributed by atoms with Crippen molar-refractivity contribution in [3.05, 3.63) is 20.8 Å². The van der Waals surface area contributed by atoms with Crippen LogP contribution in [0.1, 0.15) is 30.0 Å². The molecule has 1 heterocycles. The van der Waals surface area contributed by atoms with E-state index in [0.717, 1.165) is 5.92 Å². The third kappa shape index (κ3) is 2.11. The molecule has 1 saturated carbocycles. The maximum atomic E-state index is 6.42.